The number of benzene rings is 10. The molecule has 0 amide bonds. The molecule has 2 aliphatic heterocycles. The quantitative estimate of drug-likeness (QED) is 0.172. The molecule has 15 rings (SSSR count). The summed E-state index contributed by atoms with van der Waals surface area (Å²) < 4.78 is 13.6. The van der Waals surface area contributed by atoms with E-state index in [1.165, 1.54) is 55.6 Å². The SMILES string of the molecule is CCC1C(c2ccccc2)=CC(c2cccc(-c3ccc4c(c3)Oc3ccccc3C43c4ccccc4C4(c5ccccc5-c5ccccc54)c4ccccc43)c2)=NC1c1ccc2c(c1)oc1ccccc12. The molecule has 0 saturated heterocycles. The summed E-state index contributed by atoms with van der Waals surface area (Å²) in [7, 11) is 0. The van der Waals surface area contributed by atoms with Gasteiger partial charge in [-0.3, -0.25) is 4.99 Å². The van der Waals surface area contributed by atoms with Crippen LogP contribution in [0.3, 0.4) is 0 Å². The number of hydrogen-bond acceptors (Lipinski definition) is 3. The van der Waals surface area contributed by atoms with Crippen molar-refractivity contribution < 1.29 is 9.15 Å². The van der Waals surface area contributed by atoms with E-state index in [9.17, 15) is 0 Å². The van der Waals surface area contributed by atoms with Crippen molar-refractivity contribution in [3.05, 3.63) is 304 Å². The van der Waals surface area contributed by atoms with Gasteiger partial charge in [0.2, 0.25) is 0 Å². The van der Waals surface area contributed by atoms with Crippen LogP contribution in [0.25, 0.3) is 49.8 Å². The molecule has 340 valence electrons. The molecule has 0 radical (unpaired) electrons. The van der Waals surface area contributed by atoms with Gasteiger partial charge in [0.15, 0.2) is 0 Å². The second-order valence-electron chi connectivity index (χ2n) is 19.9. The fraction of sp³-hybridized carbons (Fsp3) is 0.0870. The number of aliphatic imine (C=N–C) groups is 1. The van der Waals surface area contributed by atoms with Crippen molar-refractivity contribution >= 4 is 33.2 Å². The maximum atomic E-state index is 7.13. The zero-order valence-electron chi connectivity index (χ0n) is 39.7. The van der Waals surface area contributed by atoms with E-state index in [2.05, 4.69) is 237 Å². The minimum atomic E-state index is -0.666. The number of furan rings is 1. The van der Waals surface area contributed by atoms with E-state index < -0.39 is 10.8 Å². The molecule has 3 heteroatoms. The highest BCUT2D eigenvalue weighted by atomic mass is 16.5. The van der Waals surface area contributed by atoms with Gasteiger partial charge in [-0.15, -0.1) is 0 Å². The molecule has 3 nitrogen and oxygen atoms in total. The summed E-state index contributed by atoms with van der Waals surface area (Å²) in [6.07, 6.45) is 3.28. The largest absolute Gasteiger partial charge is 0.457 e. The lowest BCUT2D eigenvalue weighted by molar-refractivity contribution is 0.429. The van der Waals surface area contributed by atoms with Crippen LogP contribution < -0.4 is 4.74 Å². The lowest BCUT2D eigenvalue weighted by Crippen LogP contribution is -2.45. The summed E-state index contributed by atoms with van der Waals surface area (Å²) in [5.41, 5.74) is 21.2. The van der Waals surface area contributed by atoms with Gasteiger partial charge in [0, 0.05) is 33.4 Å². The molecule has 4 aliphatic rings. The lowest BCUT2D eigenvalue weighted by atomic mass is 9.51. The maximum Gasteiger partial charge on any atom is 0.135 e. The van der Waals surface area contributed by atoms with Crippen molar-refractivity contribution in [3.63, 3.8) is 0 Å². The Morgan fingerprint density at radius 2 is 0.944 bits per heavy atom. The van der Waals surface area contributed by atoms with Gasteiger partial charge < -0.3 is 9.15 Å². The molecule has 0 saturated carbocycles. The van der Waals surface area contributed by atoms with Crippen LogP contribution in [-0.2, 0) is 10.8 Å². The number of dihydropyridines is 1. The maximum absolute atomic E-state index is 7.13. The minimum Gasteiger partial charge on any atom is -0.457 e. The van der Waals surface area contributed by atoms with Crippen LogP contribution in [0, 0.1) is 5.92 Å². The summed E-state index contributed by atoms with van der Waals surface area (Å²) in [5.74, 6) is 1.91. The molecule has 2 atom stereocenters. The summed E-state index contributed by atoms with van der Waals surface area (Å²) in [6.45, 7) is 2.28. The molecular formula is C69H47NO2. The fourth-order valence-electron chi connectivity index (χ4n) is 13.5. The summed E-state index contributed by atoms with van der Waals surface area (Å²) in [4.78, 5) is 5.67. The highest BCUT2D eigenvalue weighted by molar-refractivity contribution is 6.14. The van der Waals surface area contributed by atoms with Crippen molar-refractivity contribution in [1.82, 2.24) is 0 Å². The molecule has 72 heavy (non-hydrogen) atoms. The molecular weight excluding hydrogens is 875 g/mol. The number of rotatable bonds is 5. The van der Waals surface area contributed by atoms with E-state index in [0.29, 0.717) is 0 Å². The number of allylic oxidation sites excluding steroid dienone is 1. The number of fused-ring (bicyclic) bond motifs is 18. The van der Waals surface area contributed by atoms with Crippen molar-refractivity contribution in [2.24, 2.45) is 10.9 Å². The normalized spacial score (nSPS) is 17.2. The average molecular weight is 922 g/mol. The number of para-hydroxylation sites is 2. The van der Waals surface area contributed by atoms with Gasteiger partial charge in [-0.25, -0.2) is 0 Å². The third-order valence-electron chi connectivity index (χ3n) is 16.5. The van der Waals surface area contributed by atoms with Gasteiger partial charge in [0.1, 0.15) is 22.7 Å². The molecule has 2 unspecified atom stereocenters. The highest BCUT2D eigenvalue weighted by Gasteiger charge is 2.58. The molecule has 0 N–H and O–H groups in total. The molecule has 1 aromatic heterocycles. The zero-order chi connectivity index (χ0) is 47.5. The van der Waals surface area contributed by atoms with Crippen LogP contribution in [0.15, 0.2) is 252 Å². The van der Waals surface area contributed by atoms with Crippen molar-refractivity contribution in [2.75, 3.05) is 0 Å². The van der Waals surface area contributed by atoms with E-state index in [0.717, 1.165) is 79.0 Å². The molecule has 2 spiro atoms. The number of ether oxygens (including phenoxy) is 1. The third kappa shape index (κ3) is 5.59. The van der Waals surface area contributed by atoms with Crippen molar-refractivity contribution in [1.29, 1.82) is 0 Å². The van der Waals surface area contributed by atoms with E-state index >= 15 is 0 Å². The van der Waals surface area contributed by atoms with Crippen LogP contribution in [0.4, 0.5) is 0 Å². The van der Waals surface area contributed by atoms with Gasteiger partial charge in [0.25, 0.3) is 0 Å². The third-order valence-corrected chi connectivity index (χ3v) is 16.5. The molecule has 3 heterocycles. The molecule has 0 bridgehead atoms. The van der Waals surface area contributed by atoms with E-state index in [-0.39, 0.29) is 12.0 Å². The number of nitrogens with zero attached hydrogens (tertiary/aromatic N) is 1. The van der Waals surface area contributed by atoms with Crippen LogP contribution in [0.1, 0.15) is 80.6 Å². The van der Waals surface area contributed by atoms with Gasteiger partial charge in [0.05, 0.1) is 22.6 Å². The van der Waals surface area contributed by atoms with Crippen LogP contribution in [-0.4, -0.2) is 5.71 Å². The predicted octanol–water partition coefficient (Wildman–Crippen LogP) is 17.1. The average Bonchev–Trinajstić information content (AvgIpc) is 3.98. The second-order valence-corrected chi connectivity index (χ2v) is 19.9. The van der Waals surface area contributed by atoms with Gasteiger partial charge in [-0.2, -0.15) is 0 Å². The molecule has 0 fully saturated rings. The molecule has 2 aliphatic carbocycles. The Morgan fingerprint density at radius 3 is 1.65 bits per heavy atom. The summed E-state index contributed by atoms with van der Waals surface area (Å²) >= 11 is 0. The summed E-state index contributed by atoms with van der Waals surface area (Å²) in [6, 6.07) is 86.8. The first-order chi connectivity index (χ1) is 35.6. The Bertz CT molecular complexity index is 4000. The topological polar surface area (TPSA) is 34.7 Å². The van der Waals surface area contributed by atoms with E-state index in [1.807, 2.05) is 12.1 Å². The van der Waals surface area contributed by atoms with Gasteiger partial charge in [-0.05, 0) is 115 Å². The monoisotopic (exact) mass is 921 g/mol. The Morgan fingerprint density at radius 1 is 0.403 bits per heavy atom. The van der Waals surface area contributed by atoms with Crippen LogP contribution in [0.2, 0.25) is 0 Å². The Kier molecular flexibility index (Phi) is 8.89. The standard InChI is InChI=1S/C69H47NO2/c1-2-48-53(43-19-4-3-5-20-43)42-62(70-67(48)47-35-37-52-51-25-8-16-33-63(51)71-65(52)41-47)46-22-18-21-44(39-46)45-36-38-61-66(40-45)72-64-34-17-15-32-60(64)69(61)58-30-13-11-28-56(58)68(57-29-12-14-31-59(57)69)54-26-9-6-23-49(54)50-24-7-10-27-55(50)68/h3-42,48,67H,2H2,1H3. The fourth-order valence-corrected chi connectivity index (χ4v) is 13.5. The van der Waals surface area contributed by atoms with Crippen molar-refractivity contribution in [3.8, 4) is 33.8 Å². The number of hydrogen-bond donors (Lipinski definition) is 0. The molecule has 11 aromatic rings. The smallest absolute Gasteiger partial charge is 0.135 e. The lowest BCUT2D eigenvalue weighted by Gasteiger charge is -2.51. The zero-order valence-corrected chi connectivity index (χ0v) is 39.7. The first kappa shape index (κ1) is 41.0. The van der Waals surface area contributed by atoms with Gasteiger partial charge >= 0.3 is 0 Å². The highest BCUT2D eigenvalue weighted by Crippen LogP contribution is 2.67. The Labute approximate surface area is 419 Å². The molecule has 10 aromatic carbocycles. The van der Waals surface area contributed by atoms with Crippen LogP contribution >= 0.6 is 0 Å². The van der Waals surface area contributed by atoms with Crippen LogP contribution in [0.5, 0.6) is 11.5 Å². The van der Waals surface area contributed by atoms with Gasteiger partial charge in [-0.1, -0.05) is 213 Å². The van der Waals surface area contributed by atoms with E-state index in [4.69, 9.17) is 14.1 Å². The Balaban J connectivity index is 0.894. The predicted molar refractivity (Wildman–Crippen MR) is 292 cm³/mol. The first-order valence-electron chi connectivity index (χ1n) is 25.3. The minimum absolute atomic E-state index is 0.105. The van der Waals surface area contributed by atoms with E-state index in [1.54, 1.807) is 0 Å². The summed E-state index contributed by atoms with van der Waals surface area (Å²) in [5, 5.41) is 2.26. The Hall–Kier alpha value is -8.79. The first-order valence-corrected chi connectivity index (χ1v) is 25.3. The second kappa shape index (κ2) is 15.6. The van der Waals surface area contributed by atoms with Crippen molar-refractivity contribution in [2.45, 2.75) is 30.2 Å².